The minimum absolute atomic E-state index is 1.21. The van der Waals surface area contributed by atoms with Crippen molar-refractivity contribution in [1.29, 1.82) is 0 Å². The minimum atomic E-state index is 1.21. The molecule has 228 valence electrons. The van der Waals surface area contributed by atoms with Gasteiger partial charge in [-0.05, 0) is 38.2 Å². The first-order valence-corrected chi connectivity index (χ1v) is 18.3. The van der Waals surface area contributed by atoms with Crippen molar-refractivity contribution in [2.24, 2.45) is 0 Å². The zero-order chi connectivity index (χ0) is 28.1. The van der Waals surface area contributed by atoms with Gasteiger partial charge in [-0.3, -0.25) is 0 Å². The summed E-state index contributed by atoms with van der Waals surface area (Å²) < 4.78 is 2.56. The molecular formula is C38H72N+. The van der Waals surface area contributed by atoms with Gasteiger partial charge in [-0.15, -0.1) is 0 Å². The molecule has 0 saturated carbocycles. The summed E-state index contributed by atoms with van der Waals surface area (Å²) in [6.45, 7) is 8.15. The van der Waals surface area contributed by atoms with Crippen LogP contribution in [0.5, 0.6) is 0 Å². The van der Waals surface area contributed by atoms with Gasteiger partial charge in [0.2, 0.25) is 0 Å². The molecule has 1 aromatic rings. The zero-order valence-corrected chi connectivity index (χ0v) is 27.4. The van der Waals surface area contributed by atoms with Crippen molar-refractivity contribution in [3.05, 3.63) is 29.6 Å². The SMILES string of the molecule is CCCCCCCCCCCCc1cc(CCCCCCCCCCCC)c[n+](CCCCCCCCC)c1. The van der Waals surface area contributed by atoms with E-state index in [2.05, 4.69) is 43.8 Å². The molecule has 1 rings (SSSR count). The Hall–Kier alpha value is -0.850. The third kappa shape index (κ3) is 23.5. The van der Waals surface area contributed by atoms with Crippen molar-refractivity contribution in [1.82, 2.24) is 0 Å². The third-order valence-corrected chi connectivity index (χ3v) is 8.69. The van der Waals surface area contributed by atoms with Gasteiger partial charge in [0, 0.05) is 17.5 Å². The second-order valence-corrected chi connectivity index (χ2v) is 12.8. The number of aryl methyl sites for hydroxylation is 3. The lowest BCUT2D eigenvalue weighted by Crippen LogP contribution is -2.34. The Balaban J connectivity index is 2.36. The predicted octanol–water partition coefficient (Wildman–Crippen LogP) is 12.7. The van der Waals surface area contributed by atoms with Crippen LogP contribution in [0, 0.1) is 0 Å². The van der Waals surface area contributed by atoms with Gasteiger partial charge in [-0.1, -0.05) is 168 Å². The average Bonchev–Trinajstić information content (AvgIpc) is 2.94. The Morgan fingerprint density at radius 1 is 0.359 bits per heavy atom. The molecule has 0 aliphatic heterocycles. The van der Waals surface area contributed by atoms with E-state index in [1.54, 1.807) is 11.1 Å². The molecule has 1 nitrogen and oxygen atoms in total. The van der Waals surface area contributed by atoms with Gasteiger partial charge in [-0.25, -0.2) is 4.57 Å². The van der Waals surface area contributed by atoms with E-state index in [1.165, 1.54) is 193 Å². The monoisotopic (exact) mass is 543 g/mol. The van der Waals surface area contributed by atoms with Gasteiger partial charge >= 0.3 is 0 Å². The Kier molecular flexibility index (Phi) is 26.6. The molecule has 0 radical (unpaired) electrons. The lowest BCUT2D eigenvalue weighted by molar-refractivity contribution is -0.698. The molecule has 1 aromatic heterocycles. The molecule has 39 heavy (non-hydrogen) atoms. The fraction of sp³-hybridized carbons (Fsp3) is 0.868. The van der Waals surface area contributed by atoms with Gasteiger partial charge in [-0.2, -0.15) is 0 Å². The highest BCUT2D eigenvalue weighted by atomic mass is 14.9. The molecule has 0 fully saturated rings. The molecule has 0 atom stereocenters. The quantitative estimate of drug-likeness (QED) is 0.0672. The highest BCUT2D eigenvalue weighted by Gasteiger charge is 2.09. The first kappa shape index (κ1) is 36.2. The first-order chi connectivity index (χ1) is 19.3. The Morgan fingerprint density at radius 2 is 0.641 bits per heavy atom. The fourth-order valence-corrected chi connectivity index (χ4v) is 6.06. The number of aromatic nitrogens is 1. The number of hydrogen-bond acceptors (Lipinski definition) is 0. The zero-order valence-electron chi connectivity index (χ0n) is 27.4. The third-order valence-electron chi connectivity index (χ3n) is 8.69. The summed E-state index contributed by atoms with van der Waals surface area (Å²) in [5, 5.41) is 0. The van der Waals surface area contributed by atoms with E-state index in [9.17, 15) is 0 Å². The number of unbranched alkanes of at least 4 members (excludes halogenated alkanes) is 24. The van der Waals surface area contributed by atoms with Gasteiger partial charge in [0.05, 0.1) is 0 Å². The molecule has 1 heterocycles. The van der Waals surface area contributed by atoms with Crippen LogP contribution >= 0.6 is 0 Å². The summed E-state index contributed by atoms with van der Waals surface area (Å²) >= 11 is 0. The normalized spacial score (nSPS) is 11.5. The van der Waals surface area contributed by atoms with Crippen LogP contribution in [0.2, 0.25) is 0 Å². The van der Waals surface area contributed by atoms with Crippen molar-refractivity contribution in [2.75, 3.05) is 0 Å². The average molecular weight is 543 g/mol. The Bertz CT molecular complexity index is 579. The Labute approximate surface area is 247 Å². The van der Waals surface area contributed by atoms with Gasteiger partial charge in [0.15, 0.2) is 12.4 Å². The van der Waals surface area contributed by atoms with E-state index in [0.29, 0.717) is 0 Å². The maximum atomic E-state index is 2.56. The van der Waals surface area contributed by atoms with Gasteiger partial charge < -0.3 is 0 Å². The molecule has 0 unspecified atom stereocenters. The molecule has 0 saturated heterocycles. The number of nitrogens with zero attached hydrogens (tertiary/aromatic N) is 1. The fourth-order valence-electron chi connectivity index (χ4n) is 6.06. The van der Waals surface area contributed by atoms with E-state index in [4.69, 9.17) is 0 Å². The van der Waals surface area contributed by atoms with Crippen LogP contribution in [0.25, 0.3) is 0 Å². The molecule has 1 heteroatoms. The second-order valence-electron chi connectivity index (χ2n) is 12.8. The number of hydrogen-bond donors (Lipinski definition) is 0. The largest absolute Gasteiger partial charge is 0.205 e. The van der Waals surface area contributed by atoms with E-state index in [0.717, 1.165) is 0 Å². The van der Waals surface area contributed by atoms with Crippen LogP contribution in [0.4, 0.5) is 0 Å². The van der Waals surface area contributed by atoms with E-state index >= 15 is 0 Å². The van der Waals surface area contributed by atoms with E-state index in [-0.39, 0.29) is 0 Å². The van der Waals surface area contributed by atoms with E-state index < -0.39 is 0 Å². The molecule has 0 amide bonds. The number of pyridine rings is 1. The maximum absolute atomic E-state index is 2.56. The predicted molar refractivity (Wildman–Crippen MR) is 176 cm³/mol. The summed E-state index contributed by atoms with van der Waals surface area (Å²) in [5.74, 6) is 0. The highest BCUT2D eigenvalue weighted by Crippen LogP contribution is 2.16. The molecule has 0 aliphatic carbocycles. The molecule has 0 spiro atoms. The van der Waals surface area contributed by atoms with Crippen LogP contribution in [0.15, 0.2) is 18.5 Å². The van der Waals surface area contributed by atoms with Crippen LogP contribution in [0.3, 0.4) is 0 Å². The molecular weight excluding hydrogens is 470 g/mol. The van der Waals surface area contributed by atoms with Crippen molar-refractivity contribution >= 4 is 0 Å². The highest BCUT2D eigenvalue weighted by molar-refractivity contribution is 5.15. The van der Waals surface area contributed by atoms with Crippen LogP contribution < -0.4 is 4.57 Å². The standard InChI is InChI=1S/C38H72N/c1-4-7-10-13-16-18-20-22-25-28-31-37-34-38(32-29-26-23-21-19-17-14-11-8-5-2)36-39(35-37)33-30-27-24-15-12-9-6-3/h34-36H,4-33H2,1-3H3/q+1. The van der Waals surface area contributed by atoms with Crippen LogP contribution in [-0.2, 0) is 19.4 Å². The van der Waals surface area contributed by atoms with Crippen LogP contribution in [-0.4, -0.2) is 0 Å². The van der Waals surface area contributed by atoms with Crippen LogP contribution in [0.1, 0.15) is 205 Å². The van der Waals surface area contributed by atoms with Crippen molar-refractivity contribution < 1.29 is 4.57 Å². The molecule has 0 aliphatic rings. The van der Waals surface area contributed by atoms with Crippen molar-refractivity contribution in [2.45, 2.75) is 214 Å². The molecule has 0 bridgehead atoms. The first-order valence-electron chi connectivity index (χ1n) is 18.3. The van der Waals surface area contributed by atoms with Gasteiger partial charge in [0.1, 0.15) is 6.54 Å². The maximum Gasteiger partial charge on any atom is 0.171 e. The summed E-state index contributed by atoms with van der Waals surface area (Å²) in [4.78, 5) is 0. The van der Waals surface area contributed by atoms with Crippen molar-refractivity contribution in [3.8, 4) is 0 Å². The van der Waals surface area contributed by atoms with Gasteiger partial charge in [0.25, 0.3) is 0 Å². The lowest BCUT2D eigenvalue weighted by Gasteiger charge is -2.07. The molecule has 0 aromatic carbocycles. The molecule has 0 N–H and O–H groups in total. The lowest BCUT2D eigenvalue weighted by atomic mass is 10.0. The summed E-state index contributed by atoms with van der Waals surface area (Å²) in [5.41, 5.74) is 3.20. The topological polar surface area (TPSA) is 3.88 Å². The summed E-state index contributed by atoms with van der Waals surface area (Å²) in [7, 11) is 0. The van der Waals surface area contributed by atoms with E-state index in [1.807, 2.05) is 0 Å². The Morgan fingerprint density at radius 3 is 0.974 bits per heavy atom. The summed E-state index contributed by atoms with van der Waals surface area (Å²) in [6, 6.07) is 2.56. The number of rotatable bonds is 30. The second kappa shape index (κ2) is 28.7. The smallest absolute Gasteiger partial charge is 0.171 e. The van der Waals surface area contributed by atoms with Crippen molar-refractivity contribution in [3.63, 3.8) is 0 Å². The minimum Gasteiger partial charge on any atom is -0.205 e. The summed E-state index contributed by atoms with van der Waals surface area (Å²) in [6.07, 6.45) is 45.9.